The zero-order chi connectivity index (χ0) is 16.3. The molecule has 5 rings (SSSR count). The fourth-order valence-corrected chi connectivity index (χ4v) is 5.83. The molecule has 2 saturated carbocycles. The topological polar surface area (TPSA) is 44.1 Å². The Balaban J connectivity index is 1.65. The van der Waals surface area contributed by atoms with Crippen LogP contribution in [0, 0.1) is 23.2 Å². The van der Waals surface area contributed by atoms with E-state index in [1.165, 1.54) is 44.1 Å². The van der Waals surface area contributed by atoms with Crippen LogP contribution >= 0.6 is 0 Å². The third-order valence-electron chi connectivity index (χ3n) is 7.13. The van der Waals surface area contributed by atoms with Crippen molar-refractivity contribution < 1.29 is 4.79 Å². The Labute approximate surface area is 143 Å². The van der Waals surface area contributed by atoms with Crippen molar-refractivity contribution >= 4 is 5.78 Å². The minimum Gasteiger partial charge on any atom is -0.293 e. The molecule has 3 heteroatoms. The number of benzene rings is 1. The summed E-state index contributed by atoms with van der Waals surface area (Å²) in [6.45, 7) is 2.17. The molecular weight excluding hydrogens is 296 g/mol. The lowest BCUT2D eigenvalue weighted by Crippen LogP contribution is -2.63. The molecule has 1 aromatic carbocycles. The normalized spacial score (nSPS) is 35.0. The first-order chi connectivity index (χ1) is 11.7. The smallest absolute Gasteiger partial charge is 0.180 e. The maximum atomic E-state index is 13.4. The van der Waals surface area contributed by atoms with E-state index in [1.54, 1.807) is 0 Å². The van der Waals surface area contributed by atoms with Gasteiger partial charge in [0.1, 0.15) is 0 Å². The lowest BCUT2D eigenvalue weighted by Gasteiger charge is -2.58. The average Bonchev–Trinajstić information content (AvgIpc) is 3.44. The summed E-state index contributed by atoms with van der Waals surface area (Å²) < 4.78 is 0. The third-order valence-corrected chi connectivity index (χ3v) is 7.13. The fraction of sp³-hybridized carbons (Fsp3) is 0.619. The van der Waals surface area contributed by atoms with Gasteiger partial charge in [-0.3, -0.25) is 9.69 Å². The first-order valence-corrected chi connectivity index (χ1v) is 9.56. The van der Waals surface area contributed by atoms with Crippen molar-refractivity contribution in [1.82, 2.24) is 4.90 Å². The lowest BCUT2D eigenvalue weighted by atomic mass is 9.52. The summed E-state index contributed by atoms with van der Waals surface area (Å²) in [5.74, 6) is 1.63. The van der Waals surface area contributed by atoms with E-state index in [-0.39, 0.29) is 11.5 Å². The van der Waals surface area contributed by atoms with Crippen LogP contribution in [0.5, 0.6) is 0 Å². The Morgan fingerprint density at radius 1 is 1.21 bits per heavy atom. The number of ketones is 1. The van der Waals surface area contributed by atoms with Gasteiger partial charge in [-0.05, 0) is 74.2 Å². The summed E-state index contributed by atoms with van der Waals surface area (Å²) in [4.78, 5) is 15.9. The molecule has 0 spiro atoms. The van der Waals surface area contributed by atoms with Crippen LogP contribution in [-0.4, -0.2) is 29.8 Å². The zero-order valence-corrected chi connectivity index (χ0v) is 14.1. The van der Waals surface area contributed by atoms with E-state index in [0.717, 1.165) is 31.0 Å². The zero-order valence-electron chi connectivity index (χ0n) is 14.1. The van der Waals surface area contributed by atoms with Gasteiger partial charge in [-0.15, -0.1) is 0 Å². The Bertz CT molecular complexity index is 745. The molecule has 0 radical (unpaired) electrons. The number of likely N-dealkylation sites (tertiary alicyclic amines) is 1. The fourth-order valence-electron chi connectivity index (χ4n) is 5.83. The van der Waals surface area contributed by atoms with Crippen LogP contribution in [0.3, 0.4) is 0 Å². The Hall–Kier alpha value is -1.66. The molecule has 1 heterocycles. The van der Waals surface area contributed by atoms with Crippen molar-refractivity contribution in [2.75, 3.05) is 13.1 Å². The van der Waals surface area contributed by atoms with E-state index in [0.29, 0.717) is 17.3 Å². The van der Waals surface area contributed by atoms with Gasteiger partial charge in [0.15, 0.2) is 5.78 Å². The molecule has 2 bridgehead atoms. The summed E-state index contributed by atoms with van der Waals surface area (Å²) >= 11 is 0. The lowest BCUT2D eigenvalue weighted by molar-refractivity contribution is -0.00433. The highest BCUT2D eigenvalue weighted by Gasteiger charge is 2.57. The average molecular weight is 320 g/mol. The molecule has 3 nitrogen and oxygen atoms in total. The highest BCUT2D eigenvalue weighted by molar-refractivity contribution is 6.03. The first-order valence-electron chi connectivity index (χ1n) is 9.56. The summed E-state index contributed by atoms with van der Waals surface area (Å²) in [5.41, 5.74) is 2.98. The number of Topliss-reactive ketones (excluding diaryl/α,β-unsaturated/α-hetero) is 1. The molecule has 124 valence electrons. The SMILES string of the molecule is N#Cc1ccc2c(c1)[C@@]13CCCC[C@H]1[C@@H](C2=O)N(CC1CC1)CC3. The molecular formula is C21H24N2O. The van der Waals surface area contributed by atoms with Crippen LogP contribution in [0.15, 0.2) is 18.2 Å². The summed E-state index contributed by atoms with van der Waals surface area (Å²) in [7, 11) is 0. The maximum absolute atomic E-state index is 13.4. The van der Waals surface area contributed by atoms with E-state index < -0.39 is 0 Å². The summed E-state index contributed by atoms with van der Waals surface area (Å²) in [5, 5.41) is 9.33. The number of carbonyl (C=O) groups excluding carboxylic acids is 1. The second-order valence-electron chi connectivity index (χ2n) is 8.38. The number of carbonyl (C=O) groups is 1. The second-order valence-corrected chi connectivity index (χ2v) is 8.38. The predicted molar refractivity (Wildman–Crippen MR) is 91.8 cm³/mol. The number of hydrogen-bond donors (Lipinski definition) is 0. The van der Waals surface area contributed by atoms with E-state index in [9.17, 15) is 10.1 Å². The predicted octanol–water partition coefficient (Wildman–Crippen LogP) is 3.67. The molecule has 0 amide bonds. The van der Waals surface area contributed by atoms with Crippen molar-refractivity contribution in [3.8, 4) is 6.07 Å². The quantitative estimate of drug-likeness (QED) is 0.835. The molecule has 4 aliphatic rings. The van der Waals surface area contributed by atoms with Crippen molar-refractivity contribution in [3.05, 3.63) is 34.9 Å². The van der Waals surface area contributed by atoms with Gasteiger partial charge in [-0.1, -0.05) is 12.8 Å². The minimum absolute atomic E-state index is 0.0973. The number of hydrogen-bond acceptors (Lipinski definition) is 3. The van der Waals surface area contributed by atoms with Crippen LogP contribution < -0.4 is 0 Å². The number of piperidine rings is 1. The second kappa shape index (κ2) is 5.17. The highest BCUT2D eigenvalue weighted by Crippen LogP contribution is 2.56. The molecule has 1 aliphatic heterocycles. The van der Waals surface area contributed by atoms with Crippen LogP contribution in [-0.2, 0) is 5.41 Å². The van der Waals surface area contributed by atoms with Gasteiger partial charge < -0.3 is 0 Å². The van der Waals surface area contributed by atoms with Crippen molar-refractivity contribution in [1.29, 1.82) is 5.26 Å². The van der Waals surface area contributed by atoms with Gasteiger partial charge in [-0.2, -0.15) is 5.26 Å². The Kier molecular flexibility index (Phi) is 3.16. The van der Waals surface area contributed by atoms with E-state index in [4.69, 9.17) is 0 Å². The Morgan fingerprint density at radius 2 is 2.08 bits per heavy atom. The number of rotatable bonds is 2. The first kappa shape index (κ1) is 14.7. The highest BCUT2D eigenvalue weighted by atomic mass is 16.1. The molecule has 0 unspecified atom stereocenters. The van der Waals surface area contributed by atoms with Crippen LogP contribution in [0.2, 0.25) is 0 Å². The van der Waals surface area contributed by atoms with Crippen LogP contribution in [0.1, 0.15) is 66.4 Å². The standard InChI is InChI=1S/C21H24N2O/c22-12-15-6-7-16-18(11-15)21-8-2-1-3-17(21)19(20(16)24)23(10-9-21)13-14-4-5-14/h6-7,11,14,17,19H,1-5,8-10,13H2/t17-,19-,21+/m0/s1. The van der Waals surface area contributed by atoms with Crippen molar-refractivity contribution in [2.45, 2.75) is 56.4 Å². The van der Waals surface area contributed by atoms with Gasteiger partial charge in [-0.25, -0.2) is 0 Å². The Morgan fingerprint density at radius 3 is 2.88 bits per heavy atom. The van der Waals surface area contributed by atoms with Gasteiger partial charge in [0, 0.05) is 17.5 Å². The molecule has 3 atom stereocenters. The van der Waals surface area contributed by atoms with E-state index in [2.05, 4.69) is 11.0 Å². The van der Waals surface area contributed by atoms with E-state index in [1.807, 2.05) is 18.2 Å². The van der Waals surface area contributed by atoms with Crippen molar-refractivity contribution in [3.63, 3.8) is 0 Å². The summed E-state index contributed by atoms with van der Waals surface area (Å²) in [6.07, 6.45) is 8.73. The molecule has 3 fully saturated rings. The van der Waals surface area contributed by atoms with Crippen LogP contribution in [0.25, 0.3) is 0 Å². The van der Waals surface area contributed by atoms with Gasteiger partial charge in [0.2, 0.25) is 0 Å². The molecule has 24 heavy (non-hydrogen) atoms. The number of fused-ring (bicyclic) bond motifs is 1. The molecule has 0 aromatic heterocycles. The van der Waals surface area contributed by atoms with Gasteiger partial charge >= 0.3 is 0 Å². The maximum Gasteiger partial charge on any atom is 0.180 e. The molecule has 1 aromatic rings. The van der Waals surface area contributed by atoms with Crippen LogP contribution in [0.4, 0.5) is 0 Å². The van der Waals surface area contributed by atoms with Gasteiger partial charge in [0.05, 0.1) is 17.7 Å². The van der Waals surface area contributed by atoms with E-state index >= 15 is 0 Å². The van der Waals surface area contributed by atoms with Gasteiger partial charge in [0.25, 0.3) is 0 Å². The molecule has 3 aliphatic carbocycles. The number of nitriles is 1. The third kappa shape index (κ3) is 1.96. The molecule has 0 N–H and O–H groups in total. The largest absolute Gasteiger partial charge is 0.293 e. The number of nitrogens with zero attached hydrogens (tertiary/aromatic N) is 2. The summed E-state index contributed by atoms with van der Waals surface area (Å²) in [6, 6.07) is 8.19. The molecule has 1 saturated heterocycles. The monoisotopic (exact) mass is 320 g/mol. The van der Waals surface area contributed by atoms with Crippen molar-refractivity contribution in [2.24, 2.45) is 11.8 Å². The minimum atomic E-state index is 0.0973.